The van der Waals surface area contributed by atoms with E-state index in [2.05, 4.69) is 0 Å². The number of fused-ring (bicyclic) bond motifs is 5. The van der Waals surface area contributed by atoms with Gasteiger partial charge in [0.15, 0.2) is 10.9 Å². The van der Waals surface area contributed by atoms with Crippen LogP contribution < -0.4 is 21.7 Å². The van der Waals surface area contributed by atoms with E-state index in [1.807, 2.05) is 6.92 Å². The van der Waals surface area contributed by atoms with E-state index in [1.54, 1.807) is 18.2 Å². The van der Waals surface area contributed by atoms with E-state index in [9.17, 15) is 24.3 Å². The summed E-state index contributed by atoms with van der Waals surface area (Å²) in [6.07, 6.45) is 0. The molecule has 0 amide bonds. The summed E-state index contributed by atoms with van der Waals surface area (Å²) in [4.78, 5) is 52.0. The van der Waals surface area contributed by atoms with E-state index < -0.39 is 16.3 Å². The Morgan fingerprint density at radius 2 is 1.19 bits per heavy atom. The van der Waals surface area contributed by atoms with Crippen LogP contribution in [0.15, 0.2) is 55.6 Å². The first-order valence-electron chi connectivity index (χ1n) is 8.17. The molecule has 27 heavy (non-hydrogen) atoms. The summed E-state index contributed by atoms with van der Waals surface area (Å²) in [7, 11) is 0. The second kappa shape index (κ2) is 5.08. The molecule has 0 radical (unpaired) electrons. The predicted octanol–water partition coefficient (Wildman–Crippen LogP) is 2.69. The maximum atomic E-state index is 13.1. The number of hydrogen-bond acceptors (Lipinski definition) is 6. The van der Waals surface area contributed by atoms with E-state index >= 15 is 0 Å². The summed E-state index contributed by atoms with van der Waals surface area (Å²) >= 11 is 0.894. The van der Waals surface area contributed by atoms with Crippen molar-refractivity contribution >= 4 is 53.1 Å². The van der Waals surface area contributed by atoms with Gasteiger partial charge in [-0.25, -0.2) is 0 Å². The van der Waals surface area contributed by atoms with Crippen molar-refractivity contribution in [1.82, 2.24) is 0 Å². The Labute approximate surface area is 154 Å². The predicted molar refractivity (Wildman–Crippen MR) is 108 cm³/mol. The maximum Gasteiger partial charge on any atom is 0.204 e. The molecule has 5 nitrogen and oxygen atoms in total. The average Bonchev–Trinajstić information content (AvgIpc) is 3.05. The van der Waals surface area contributed by atoms with Crippen molar-refractivity contribution in [3.8, 4) is 5.75 Å². The molecule has 130 valence electrons. The van der Waals surface area contributed by atoms with Gasteiger partial charge < -0.3 is 5.11 Å². The van der Waals surface area contributed by atoms with Gasteiger partial charge >= 0.3 is 0 Å². The third-order valence-corrected chi connectivity index (χ3v) is 6.12. The molecular formula is C21H10O5S. The number of phenols is 1. The SMILES string of the molecule is Cc1ccc2c(=O)c3sc4c(=O)c5ccc(O)cc5c(=O)c4c3c(=O)c2c1. The zero-order chi connectivity index (χ0) is 19.0. The number of hydrogen-bond donors (Lipinski definition) is 1. The van der Waals surface area contributed by atoms with Crippen LogP contribution in [0.2, 0.25) is 0 Å². The van der Waals surface area contributed by atoms with E-state index in [1.165, 1.54) is 18.2 Å². The topological polar surface area (TPSA) is 88.5 Å². The Morgan fingerprint density at radius 3 is 1.78 bits per heavy atom. The van der Waals surface area contributed by atoms with Gasteiger partial charge in [-0.1, -0.05) is 11.6 Å². The van der Waals surface area contributed by atoms with Gasteiger partial charge in [-0.15, -0.1) is 11.3 Å². The van der Waals surface area contributed by atoms with E-state index in [-0.39, 0.29) is 52.9 Å². The third-order valence-electron chi connectivity index (χ3n) is 4.93. The van der Waals surface area contributed by atoms with Crippen LogP contribution in [0.25, 0.3) is 41.7 Å². The number of thiophene rings is 1. The Morgan fingerprint density at radius 1 is 0.667 bits per heavy atom. The molecule has 0 aliphatic heterocycles. The lowest BCUT2D eigenvalue weighted by Crippen LogP contribution is -2.15. The fraction of sp³-hybridized carbons (Fsp3) is 0.0476. The van der Waals surface area contributed by atoms with Crippen LogP contribution in [0.3, 0.4) is 0 Å². The molecule has 0 aliphatic carbocycles. The standard InChI is InChI=1S/C21H10O5S/c1-8-2-4-10-12(6-8)16(23)14-15-17(24)13-7-9(22)3-5-11(13)19(26)21(15)27-20(14)18(10)25/h2-7,22H,1H3. The first-order valence-corrected chi connectivity index (χ1v) is 8.99. The Bertz CT molecular complexity index is 1540. The molecule has 0 unspecified atom stereocenters. The van der Waals surface area contributed by atoms with Crippen molar-refractivity contribution < 1.29 is 5.11 Å². The number of rotatable bonds is 0. The second-order valence-electron chi connectivity index (χ2n) is 6.61. The summed E-state index contributed by atoms with van der Waals surface area (Å²) in [5.41, 5.74) is -0.901. The Balaban J connectivity index is 2.21. The highest BCUT2D eigenvalue weighted by molar-refractivity contribution is 7.25. The number of benzene rings is 4. The van der Waals surface area contributed by atoms with Crippen molar-refractivity contribution in [2.75, 3.05) is 0 Å². The summed E-state index contributed by atoms with van der Waals surface area (Å²) in [5, 5.41) is 10.4. The van der Waals surface area contributed by atoms with Gasteiger partial charge in [0.2, 0.25) is 10.9 Å². The number of aromatic hydroxyl groups is 1. The highest BCUT2D eigenvalue weighted by Crippen LogP contribution is 2.29. The van der Waals surface area contributed by atoms with Crippen LogP contribution >= 0.6 is 11.3 Å². The minimum Gasteiger partial charge on any atom is -0.508 e. The zero-order valence-corrected chi connectivity index (χ0v) is 14.8. The van der Waals surface area contributed by atoms with Crippen LogP contribution in [0.4, 0.5) is 0 Å². The lowest BCUT2D eigenvalue weighted by molar-refractivity contribution is 0.476. The molecule has 5 rings (SSSR count). The van der Waals surface area contributed by atoms with Gasteiger partial charge in [-0.05, 0) is 37.3 Å². The summed E-state index contributed by atoms with van der Waals surface area (Å²) < 4.78 is 0.231. The minimum atomic E-state index is -0.523. The molecule has 1 N–H and O–H groups in total. The first kappa shape index (κ1) is 15.8. The molecule has 5 aromatic rings. The molecule has 4 aromatic carbocycles. The van der Waals surface area contributed by atoms with Crippen LogP contribution in [0, 0.1) is 6.92 Å². The molecular weight excluding hydrogens is 364 g/mol. The van der Waals surface area contributed by atoms with Crippen LogP contribution in [-0.2, 0) is 0 Å². The molecule has 0 saturated heterocycles. The summed E-state index contributed by atoms with van der Waals surface area (Å²) in [6, 6.07) is 8.90. The molecule has 6 heteroatoms. The van der Waals surface area contributed by atoms with Gasteiger partial charge in [-0.3, -0.25) is 19.2 Å². The Kier molecular flexibility index (Phi) is 2.98. The third kappa shape index (κ3) is 1.93. The highest BCUT2D eigenvalue weighted by atomic mass is 32.1. The van der Waals surface area contributed by atoms with Gasteiger partial charge in [0.25, 0.3) is 0 Å². The largest absolute Gasteiger partial charge is 0.508 e. The smallest absolute Gasteiger partial charge is 0.204 e. The van der Waals surface area contributed by atoms with Crippen molar-refractivity contribution in [3.05, 3.63) is 82.9 Å². The molecule has 0 spiro atoms. The minimum absolute atomic E-state index is 0.00504. The summed E-state index contributed by atoms with van der Waals surface area (Å²) in [5.74, 6) is -0.147. The van der Waals surface area contributed by atoms with Gasteiger partial charge in [0.1, 0.15) is 5.75 Å². The van der Waals surface area contributed by atoms with E-state index in [0.717, 1.165) is 16.9 Å². The van der Waals surface area contributed by atoms with Crippen LogP contribution in [-0.4, -0.2) is 5.11 Å². The number of aryl methyl sites for hydroxylation is 1. The van der Waals surface area contributed by atoms with Crippen molar-refractivity contribution in [3.63, 3.8) is 0 Å². The van der Waals surface area contributed by atoms with E-state index in [4.69, 9.17) is 0 Å². The molecule has 0 saturated carbocycles. The van der Waals surface area contributed by atoms with Crippen molar-refractivity contribution in [2.24, 2.45) is 0 Å². The van der Waals surface area contributed by atoms with E-state index in [0.29, 0.717) is 0 Å². The molecule has 0 bridgehead atoms. The molecule has 1 aromatic heterocycles. The van der Waals surface area contributed by atoms with Gasteiger partial charge in [0, 0.05) is 21.5 Å². The number of phenolic OH excluding ortho intramolecular Hbond substituents is 1. The fourth-order valence-corrected chi connectivity index (χ4v) is 4.86. The van der Waals surface area contributed by atoms with Crippen molar-refractivity contribution in [2.45, 2.75) is 6.92 Å². The highest BCUT2D eigenvalue weighted by Gasteiger charge is 2.22. The van der Waals surface area contributed by atoms with Crippen LogP contribution in [0.5, 0.6) is 5.75 Å². The average molecular weight is 374 g/mol. The second-order valence-corrected chi connectivity index (χ2v) is 7.63. The first-order chi connectivity index (χ1) is 12.9. The quantitative estimate of drug-likeness (QED) is 0.450. The summed E-state index contributed by atoms with van der Waals surface area (Å²) in [6.45, 7) is 1.81. The normalized spacial score (nSPS) is 11.9. The van der Waals surface area contributed by atoms with Gasteiger partial charge in [-0.2, -0.15) is 0 Å². The fourth-order valence-electron chi connectivity index (χ4n) is 3.66. The van der Waals surface area contributed by atoms with Crippen molar-refractivity contribution in [1.29, 1.82) is 0 Å². The lowest BCUT2D eigenvalue weighted by atomic mass is 10.0. The van der Waals surface area contributed by atoms with Crippen LogP contribution in [0.1, 0.15) is 5.56 Å². The molecule has 0 aliphatic rings. The molecule has 1 heterocycles. The Hall–Kier alpha value is -3.38. The molecule has 0 fully saturated rings. The monoisotopic (exact) mass is 374 g/mol. The molecule has 0 atom stereocenters. The maximum absolute atomic E-state index is 13.1. The zero-order valence-electron chi connectivity index (χ0n) is 14.0. The van der Waals surface area contributed by atoms with Gasteiger partial charge in [0.05, 0.1) is 20.2 Å². The lowest BCUT2D eigenvalue weighted by Gasteiger charge is -2.00.